The van der Waals surface area contributed by atoms with Gasteiger partial charge in [-0.25, -0.2) is 0 Å². The molecule has 0 aliphatic rings. The molecular formula is C24H37NO6. The number of esters is 3. The Kier molecular flexibility index (Phi) is 10.7. The zero-order valence-electron chi connectivity index (χ0n) is 19.7. The van der Waals surface area contributed by atoms with Crippen LogP contribution in [0.5, 0.6) is 0 Å². The van der Waals surface area contributed by atoms with E-state index in [9.17, 15) is 14.4 Å². The van der Waals surface area contributed by atoms with Crippen LogP contribution in [0, 0.1) is 0 Å². The lowest BCUT2D eigenvalue weighted by Crippen LogP contribution is -2.37. The average molecular weight is 436 g/mol. The van der Waals surface area contributed by atoms with Gasteiger partial charge in [-0.1, -0.05) is 30.3 Å². The summed E-state index contributed by atoms with van der Waals surface area (Å²) in [4.78, 5) is 38.1. The van der Waals surface area contributed by atoms with Crippen molar-refractivity contribution >= 4 is 17.9 Å². The molecule has 0 radical (unpaired) electrons. The fourth-order valence-corrected chi connectivity index (χ4v) is 2.73. The van der Waals surface area contributed by atoms with Gasteiger partial charge in [-0.3, -0.25) is 19.3 Å². The van der Waals surface area contributed by atoms with E-state index in [-0.39, 0.29) is 43.9 Å². The Labute approximate surface area is 186 Å². The predicted molar refractivity (Wildman–Crippen MR) is 118 cm³/mol. The quantitative estimate of drug-likeness (QED) is 0.385. The number of hydrogen-bond donors (Lipinski definition) is 0. The first kappa shape index (κ1) is 26.6. The standard InChI is InChI=1S/C24H37NO6/c1-23(2,3)30-21(27)13-10-15-25(17-22(28)31-24(4,5)6)16-14-20(26)29-18-19-11-8-7-9-12-19/h7-9,11-12H,10,13-18H2,1-6H3. The van der Waals surface area contributed by atoms with Crippen molar-refractivity contribution in [2.24, 2.45) is 0 Å². The lowest BCUT2D eigenvalue weighted by atomic mass is 10.2. The van der Waals surface area contributed by atoms with Crippen molar-refractivity contribution in [2.45, 2.75) is 78.6 Å². The SMILES string of the molecule is CC(C)(C)OC(=O)CCCN(CCC(=O)OCc1ccccc1)CC(=O)OC(C)(C)C. The van der Waals surface area contributed by atoms with Gasteiger partial charge >= 0.3 is 17.9 Å². The Morgan fingerprint density at radius 3 is 1.94 bits per heavy atom. The van der Waals surface area contributed by atoms with Gasteiger partial charge in [0.1, 0.15) is 17.8 Å². The van der Waals surface area contributed by atoms with Crippen LogP contribution in [0.15, 0.2) is 30.3 Å². The van der Waals surface area contributed by atoms with E-state index in [2.05, 4.69) is 0 Å². The fourth-order valence-electron chi connectivity index (χ4n) is 2.73. The fraction of sp³-hybridized carbons (Fsp3) is 0.625. The van der Waals surface area contributed by atoms with Crippen LogP contribution < -0.4 is 0 Å². The van der Waals surface area contributed by atoms with Crippen LogP contribution in [-0.4, -0.2) is 53.6 Å². The van der Waals surface area contributed by atoms with Crippen molar-refractivity contribution in [3.05, 3.63) is 35.9 Å². The first-order valence-corrected chi connectivity index (χ1v) is 10.7. The summed E-state index contributed by atoms with van der Waals surface area (Å²) in [7, 11) is 0. The van der Waals surface area contributed by atoms with Crippen LogP contribution in [0.25, 0.3) is 0 Å². The van der Waals surface area contributed by atoms with Crippen LogP contribution in [0.3, 0.4) is 0 Å². The van der Waals surface area contributed by atoms with Crippen molar-refractivity contribution in [3.63, 3.8) is 0 Å². The topological polar surface area (TPSA) is 82.1 Å². The predicted octanol–water partition coefficient (Wildman–Crippen LogP) is 3.89. The summed E-state index contributed by atoms with van der Waals surface area (Å²) in [5.41, 5.74) is -0.206. The minimum Gasteiger partial charge on any atom is -0.461 e. The van der Waals surface area contributed by atoms with Crippen molar-refractivity contribution < 1.29 is 28.6 Å². The van der Waals surface area contributed by atoms with Crippen LogP contribution in [0.1, 0.15) is 66.4 Å². The van der Waals surface area contributed by atoms with Crippen molar-refractivity contribution in [2.75, 3.05) is 19.6 Å². The van der Waals surface area contributed by atoms with Gasteiger partial charge in [0.15, 0.2) is 0 Å². The molecule has 1 rings (SSSR count). The van der Waals surface area contributed by atoms with Crippen molar-refractivity contribution in [3.8, 4) is 0 Å². The minimum atomic E-state index is -0.589. The van der Waals surface area contributed by atoms with Crippen LogP contribution in [0.4, 0.5) is 0 Å². The number of ether oxygens (including phenoxy) is 3. The molecule has 0 saturated heterocycles. The molecule has 7 nitrogen and oxygen atoms in total. The second kappa shape index (κ2) is 12.4. The molecular weight excluding hydrogens is 398 g/mol. The number of hydrogen-bond acceptors (Lipinski definition) is 7. The van der Waals surface area contributed by atoms with E-state index < -0.39 is 11.2 Å². The van der Waals surface area contributed by atoms with Gasteiger partial charge in [0.05, 0.1) is 13.0 Å². The summed E-state index contributed by atoms with van der Waals surface area (Å²) < 4.78 is 16.0. The molecule has 0 unspecified atom stereocenters. The molecule has 0 aromatic heterocycles. The molecule has 1 aromatic carbocycles. The molecule has 0 fully saturated rings. The van der Waals surface area contributed by atoms with Gasteiger partial charge in [0.2, 0.25) is 0 Å². The van der Waals surface area contributed by atoms with E-state index in [1.807, 2.05) is 56.0 Å². The zero-order chi connectivity index (χ0) is 23.5. The maximum absolute atomic E-state index is 12.2. The first-order valence-electron chi connectivity index (χ1n) is 10.7. The number of nitrogens with zero attached hydrogens (tertiary/aromatic N) is 1. The highest BCUT2D eigenvalue weighted by molar-refractivity contribution is 5.73. The van der Waals surface area contributed by atoms with E-state index in [0.29, 0.717) is 19.5 Å². The van der Waals surface area contributed by atoms with Gasteiger partial charge in [0, 0.05) is 13.0 Å². The Hall–Kier alpha value is -2.41. The van der Waals surface area contributed by atoms with Gasteiger partial charge in [-0.2, -0.15) is 0 Å². The van der Waals surface area contributed by atoms with Gasteiger partial charge in [0.25, 0.3) is 0 Å². The number of carbonyl (C=O) groups is 3. The Bertz CT molecular complexity index is 703. The molecule has 31 heavy (non-hydrogen) atoms. The molecule has 174 valence electrons. The highest BCUT2D eigenvalue weighted by Crippen LogP contribution is 2.11. The second-order valence-electron chi connectivity index (χ2n) is 9.45. The molecule has 0 bridgehead atoms. The summed E-state index contributed by atoms with van der Waals surface area (Å²) in [6.07, 6.45) is 0.888. The lowest BCUT2D eigenvalue weighted by Gasteiger charge is -2.25. The Balaban J connectivity index is 2.53. The van der Waals surface area contributed by atoms with Crippen LogP contribution in [-0.2, 0) is 35.2 Å². The third kappa shape index (κ3) is 14.3. The smallest absolute Gasteiger partial charge is 0.320 e. The Morgan fingerprint density at radius 2 is 1.35 bits per heavy atom. The monoisotopic (exact) mass is 435 g/mol. The van der Waals surface area contributed by atoms with E-state index in [1.165, 1.54) is 0 Å². The number of rotatable bonds is 11. The number of benzene rings is 1. The minimum absolute atomic E-state index is 0.0392. The maximum atomic E-state index is 12.2. The molecule has 0 heterocycles. The van der Waals surface area contributed by atoms with E-state index in [1.54, 1.807) is 20.8 Å². The van der Waals surface area contributed by atoms with Crippen molar-refractivity contribution in [1.29, 1.82) is 0 Å². The average Bonchev–Trinajstić information content (AvgIpc) is 2.62. The third-order valence-corrected chi connectivity index (χ3v) is 3.92. The molecule has 0 saturated carbocycles. The molecule has 7 heteroatoms. The van der Waals surface area contributed by atoms with Gasteiger partial charge in [-0.15, -0.1) is 0 Å². The van der Waals surface area contributed by atoms with Gasteiger partial charge in [-0.05, 0) is 60.1 Å². The van der Waals surface area contributed by atoms with E-state index in [4.69, 9.17) is 14.2 Å². The molecule has 0 amide bonds. The summed E-state index contributed by atoms with van der Waals surface area (Å²) in [5.74, 6) is -1.00. The first-order chi connectivity index (χ1) is 14.3. The van der Waals surface area contributed by atoms with E-state index >= 15 is 0 Å². The van der Waals surface area contributed by atoms with Crippen LogP contribution in [0.2, 0.25) is 0 Å². The molecule has 0 aliphatic carbocycles. The normalized spacial score (nSPS) is 11.8. The highest BCUT2D eigenvalue weighted by atomic mass is 16.6. The highest BCUT2D eigenvalue weighted by Gasteiger charge is 2.21. The summed E-state index contributed by atoms with van der Waals surface area (Å²) >= 11 is 0. The number of carbonyl (C=O) groups excluding carboxylic acids is 3. The zero-order valence-corrected chi connectivity index (χ0v) is 19.7. The second-order valence-corrected chi connectivity index (χ2v) is 9.45. The van der Waals surface area contributed by atoms with Gasteiger partial charge < -0.3 is 14.2 Å². The summed E-state index contributed by atoms with van der Waals surface area (Å²) in [6.45, 7) is 11.9. The largest absolute Gasteiger partial charge is 0.461 e. The Morgan fingerprint density at radius 1 is 0.774 bits per heavy atom. The maximum Gasteiger partial charge on any atom is 0.320 e. The molecule has 0 spiro atoms. The molecule has 0 aliphatic heterocycles. The molecule has 0 N–H and O–H groups in total. The molecule has 0 atom stereocenters. The lowest BCUT2D eigenvalue weighted by molar-refractivity contribution is -0.157. The summed E-state index contributed by atoms with van der Waals surface area (Å²) in [6, 6.07) is 9.45. The third-order valence-electron chi connectivity index (χ3n) is 3.92. The van der Waals surface area contributed by atoms with E-state index in [0.717, 1.165) is 5.56 Å². The van der Waals surface area contributed by atoms with Crippen molar-refractivity contribution in [1.82, 2.24) is 4.90 Å². The summed E-state index contributed by atoms with van der Waals surface area (Å²) in [5, 5.41) is 0. The van der Waals surface area contributed by atoms with Crippen LogP contribution >= 0.6 is 0 Å². The molecule has 1 aromatic rings.